The quantitative estimate of drug-likeness (QED) is 0.0570. The molecule has 47 heavy (non-hydrogen) atoms. The number of unbranched alkanes of at least 4 members (excludes halogenated alkanes) is 33. The maximum Gasteiger partial charge on any atom is 0.220 e. The fraction of sp³-hybridized carbons (Fsp3) is 0.977. The van der Waals surface area contributed by atoms with E-state index in [2.05, 4.69) is 19.2 Å². The lowest BCUT2D eigenvalue weighted by molar-refractivity contribution is -0.123. The number of carbonyl (C=O) groups is 1. The van der Waals surface area contributed by atoms with E-state index in [4.69, 9.17) is 0 Å². The Kier molecular flexibility index (Phi) is 39.3. The first-order valence-corrected chi connectivity index (χ1v) is 21.7. The number of hydrogen-bond acceptors (Lipinski definition) is 3. The van der Waals surface area contributed by atoms with E-state index in [-0.39, 0.29) is 12.5 Å². The van der Waals surface area contributed by atoms with Crippen LogP contribution in [0.15, 0.2) is 0 Å². The fourth-order valence-corrected chi connectivity index (χ4v) is 7.01. The number of rotatable bonds is 40. The molecule has 0 rings (SSSR count). The fourth-order valence-electron chi connectivity index (χ4n) is 7.01. The predicted molar refractivity (Wildman–Crippen MR) is 207 cm³/mol. The summed E-state index contributed by atoms with van der Waals surface area (Å²) in [4.78, 5) is 12.3. The molecule has 2 unspecified atom stereocenters. The highest BCUT2D eigenvalue weighted by Crippen LogP contribution is 2.17. The molecule has 0 aromatic carbocycles. The van der Waals surface area contributed by atoms with Gasteiger partial charge in [-0.2, -0.15) is 0 Å². The second-order valence-corrected chi connectivity index (χ2v) is 15.1. The zero-order valence-electron chi connectivity index (χ0n) is 32.3. The molecule has 1 amide bonds. The van der Waals surface area contributed by atoms with Gasteiger partial charge in [-0.1, -0.05) is 232 Å². The summed E-state index contributed by atoms with van der Waals surface area (Å²) in [6.07, 6.45) is 47.7. The Balaban J connectivity index is 3.37. The summed E-state index contributed by atoms with van der Waals surface area (Å²) in [7, 11) is 0. The van der Waals surface area contributed by atoms with Crippen LogP contribution >= 0.6 is 0 Å². The highest BCUT2D eigenvalue weighted by Gasteiger charge is 2.20. The van der Waals surface area contributed by atoms with Crippen molar-refractivity contribution in [3.63, 3.8) is 0 Å². The van der Waals surface area contributed by atoms with Crippen LogP contribution in [0.3, 0.4) is 0 Å². The van der Waals surface area contributed by atoms with E-state index in [1.54, 1.807) is 0 Å². The molecule has 282 valence electrons. The molecule has 0 aromatic rings. The molecule has 0 aromatic heterocycles. The molecule has 0 heterocycles. The SMILES string of the molecule is CCCCCCCCCCCCCCCCCCCCCCCCCCCCC(=O)NC(CO)C(O)CCCCCCCCCCC. The van der Waals surface area contributed by atoms with Crippen molar-refractivity contribution in [2.45, 2.75) is 264 Å². The van der Waals surface area contributed by atoms with Crippen molar-refractivity contribution in [2.24, 2.45) is 0 Å². The monoisotopic (exact) mass is 666 g/mol. The van der Waals surface area contributed by atoms with Crippen molar-refractivity contribution in [1.82, 2.24) is 5.32 Å². The van der Waals surface area contributed by atoms with E-state index in [0.717, 1.165) is 25.7 Å². The number of amides is 1. The molecular weight excluding hydrogens is 578 g/mol. The van der Waals surface area contributed by atoms with Crippen LogP contribution in [-0.2, 0) is 4.79 Å². The third-order valence-electron chi connectivity index (χ3n) is 10.4. The molecule has 0 aliphatic heterocycles. The largest absolute Gasteiger partial charge is 0.394 e. The Morgan fingerprint density at radius 1 is 0.426 bits per heavy atom. The first-order chi connectivity index (χ1) is 23.2. The van der Waals surface area contributed by atoms with E-state index in [1.807, 2.05) is 0 Å². The van der Waals surface area contributed by atoms with Crippen LogP contribution in [0.1, 0.15) is 251 Å². The summed E-state index contributed by atoms with van der Waals surface area (Å²) in [5.41, 5.74) is 0. The third kappa shape index (κ3) is 36.5. The molecule has 0 saturated heterocycles. The van der Waals surface area contributed by atoms with Gasteiger partial charge in [0.2, 0.25) is 5.91 Å². The number of aliphatic hydroxyl groups is 2. The number of aliphatic hydroxyl groups excluding tert-OH is 2. The zero-order chi connectivity index (χ0) is 34.3. The van der Waals surface area contributed by atoms with Gasteiger partial charge >= 0.3 is 0 Å². The van der Waals surface area contributed by atoms with Crippen molar-refractivity contribution in [2.75, 3.05) is 6.61 Å². The van der Waals surface area contributed by atoms with Crippen molar-refractivity contribution in [3.8, 4) is 0 Å². The molecule has 4 heteroatoms. The van der Waals surface area contributed by atoms with Gasteiger partial charge in [-0.05, 0) is 12.8 Å². The van der Waals surface area contributed by atoms with Crippen LogP contribution < -0.4 is 5.32 Å². The normalized spacial score (nSPS) is 12.9. The molecule has 0 saturated carbocycles. The Morgan fingerprint density at radius 3 is 0.957 bits per heavy atom. The maximum atomic E-state index is 12.3. The van der Waals surface area contributed by atoms with E-state index >= 15 is 0 Å². The van der Waals surface area contributed by atoms with Crippen LogP contribution in [0.25, 0.3) is 0 Å². The summed E-state index contributed by atoms with van der Waals surface area (Å²) < 4.78 is 0. The topological polar surface area (TPSA) is 69.6 Å². The summed E-state index contributed by atoms with van der Waals surface area (Å²) in [6.45, 7) is 4.36. The van der Waals surface area contributed by atoms with E-state index in [0.29, 0.717) is 12.8 Å². The standard InChI is InChI=1S/C43H87NO3/c1-3-5-7-9-11-13-14-15-16-17-18-19-20-21-22-23-24-25-26-27-28-29-31-33-35-37-39-43(47)44-41(40-45)42(46)38-36-34-32-30-12-10-8-6-4-2/h41-42,45-46H,3-40H2,1-2H3,(H,44,47). The zero-order valence-corrected chi connectivity index (χ0v) is 32.3. The molecular formula is C43H87NO3. The molecule has 0 aliphatic carbocycles. The predicted octanol–water partition coefficient (Wildman–Crippen LogP) is 13.3. The molecule has 3 N–H and O–H groups in total. The van der Waals surface area contributed by atoms with Gasteiger partial charge in [0, 0.05) is 6.42 Å². The minimum Gasteiger partial charge on any atom is -0.394 e. The average molecular weight is 666 g/mol. The summed E-state index contributed by atoms with van der Waals surface area (Å²) in [6, 6.07) is -0.527. The first kappa shape index (κ1) is 46.4. The van der Waals surface area contributed by atoms with Crippen LogP contribution in [0, 0.1) is 0 Å². The Morgan fingerprint density at radius 2 is 0.681 bits per heavy atom. The lowest BCUT2D eigenvalue weighted by atomic mass is 10.0. The van der Waals surface area contributed by atoms with Crippen LogP contribution in [0.4, 0.5) is 0 Å². The van der Waals surface area contributed by atoms with Crippen molar-refractivity contribution in [1.29, 1.82) is 0 Å². The van der Waals surface area contributed by atoms with Crippen molar-refractivity contribution < 1.29 is 15.0 Å². The van der Waals surface area contributed by atoms with Gasteiger partial charge in [0.25, 0.3) is 0 Å². The summed E-state index contributed by atoms with van der Waals surface area (Å²) in [5, 5.41) is 23.0. The van der Waals surface area contributed by atoms with E-state index in [9.17, 15) is 15.0 Å². The minimum absolute atomic E-state index is 0.0282. The molecule has 0 aliphatic rings. The van der Waals surface area contributed by atoms with Crippen LogP contribution in [0.2, 0.25) is 0 Å². The van der Waals surface area contributed by atoms with E-state index in [1.165, 1.54) is 199 Å². The molecule has 0 fully saturated rings. The van der Waals surface area contributed by atoms with E-state index < -0.39 is 12.1 Å². The number of nitrogens with one attached hydrogen (secondary N) is 1. The molecule has 0 spiro atoms. The smallest absolute Gasteiger partial charge is 0.220 e. The van der Waals surface area contributed by atoms with Crippen LogP contribution in [-0.4, -0.2) is 34.9 Å². The third-order valence-corrected chi connectivity index (χ3v) is 10.4. The van der Waals surface area contributed by atoms with Gasteiger partial charge < -0.3 is 15.5 Å². The Labute approximate surface area is 295 Å². The first-order valence-electron chi connectivity index (χ1n) is 21.7. The molecule has 4 nitrogen and oxygen atoms in total. The van der Waals surface area contributed by atoms with Gasteiger partial charge in [0.15, 0.2) is 0 Å². The van der Waals surface area contributed by atoms with Gasteiger partial charge in [-0.25, -0.2) is 0 Å². The second kappa shape index (κ2) is 39.8. The van der Waals surface area contributed by atoms with Crippen molar-refractivity contribution in [3.05, 3.63) is 0 Å². The maximum absolute atomic E-state index is 12.3. The lowest BCUT2D eigenvalue weighted by Gasteiger charge is -2.22. The lowest BCUT2D eigenvalue weighted by Crippen LogP contribution is -2.45. The Hall–Kier alpha value is -0.610. The summed E-state index contributed by atoms with van der Waals surface area (Å²) >= 11 is 0. The van der Waals surface area contributed by atoms with Gasteiger partial charge in [-0.3, -0.25) is 4.79 Å². The Bertz CT molecular complexity index is 598. The molecule has 0 bridgehead atoms. The van der Waals surface area contributed by atoms with Crippen molar-refractivity contribution >= 4 is 5.91 Å². The van der Waals surface area contributed by atoms with Gasteiger partial charge in [-0.15, -0.1) is 0 Å². The van der Waals surface area contributed by atoms with Crippen LogP contribution in [0.5, 0.6) is 0 Å². The average Bonchev–Trinajstić information content (AvgIpc) is 3.07. The highest BCUT2D eigenvalue weighted by atomic mass is 16.3. The molecule has 2 atom stereocenters. The van der Waals surface area contributed by atoms with Gasteiger partial charge in [0.1, 0.15) is 0 Å². The number of hydrogen-bond donors (Lipinski definition) is 3. The van der Waals surface area contributed by atoms with Gasteiger partial charge in [0.05, 0.1) is 18.8 Å². The molecule has 0 radical (unpaired) electrons. The summed E-state index contributed by atoms with van der Waals surface area (Å²) in [5.74, 6) is -0.0282. The second-order valence-electron chi connectivity index (χ2n) is 15.1. The minimum atomic E-state index is -0.651. The number of carbonyl (C=O) groups excluding carboxylic acids is 1. The highest BCUT2D eigenvalue weighted by molar-refractivity contribution is 5.76.